The molecule has 0 saturated heterocycles. The van der Waals surface area contributed by atoms with Gasteiger partial charge in [-0.1, -0.05) is 32.0 Å². The largest absolute Gasteiger partial charge is 0.464 e. The van der Waals surface area contributed by atoms with E-state index >= 15 is 0 Å². The van der Waals surface area contributed by atoms with Crippen molar-refractivity contribution in [2.75, 3.05) is 13.1 Å². The molecule has 1 N–H and O–H groups in total. The Morgan fingerprint density at radius 2 is 2.00 bits per heavy atom. The highest BCUT2D eigenvalue weighted by Gasteiger charge is 2.14. The number of nitrogens with zero attached hydrogens (tertiary/aromatic N) is 1. The zero-order valence-corrected chi connectivity index (χ0v) is 10.4. The molecule has 17 heavy (non-hydrogen) atoms. The molecule has 0 amide bonds. The lowest BCUT2D eigenvalue weighted by Crippen LogP contribution is -2.36. The Morgan fingerprint density at radius 3 is 2.71 bits per heavy atom. The van der Waals surface area contributed by atoms with Gasteiger partial charge < -0.3 is 9.52 Å². The maximum atomic E-state index is 10.1. The lowest BCUT2D eigenvalue weighted by molar-refractivity contribution is 0.0116. The number of likely N-dealkylation sites (N-methyl/N-ethyl adjacent to an activating group) is 1. The first-order chi connectivity index (χ1) is 8.26. The summed E-state index contributed by atoms with van der Waals surface area (Å²) < 4.78 is 5.47. The molecule has 92 valence electrons. The summed E-state index contributed by atoms with van der Waals surface area (Å²) >= 11 is 0. The van der Waals surface area contributed by atoms with Gasteiger partial charge in [-0.25, -0.2) is 0 Å². The van der Waals surface area contributed by atoms with Crippen molar-refractivity contribution in [1.82, 2.24) is 4.90 Å². The molecule has 2 aromatic rings. The fourth-order valence-corrected chi connectivity index (χ4v) is 2.19. The second kappa shape index (κ2) is 5.34. The van der Waals surface area contributed by atoms with E-state index in [1.165, 1.54) is 0 Å². The van der Waals surface area contributed by atoms with Crippen molar-refractivity contribution in [2.45, 2.75) is 26.5 Å². The van der Waals surface area contributed by atoms with Crippen LogP contribution in [0.2, 0.25) is 0 Å². The minimum Gasteiger partial charge on any atom is -0.464 e. The van der Waals surface area contributed by atoms with E-state index in [1.807, 2.05) is 29.2 Å². The number of furan rings is 1. The van der Waals surface area contributed by atoms with Crippen LogP contribution in [-0.4, -0.2) is 29.3 Å². The van der Waals surface area contributed by atoms with Crippen LogP contribution in [0.3, 0.4) is 0 Å². The lowest BCUT2D eigenvalue weighted by Gasteiger charge is -2.24. The maximum absolute atomic E-state index is 10.1. The van der Waals surface area contributed by atoms with Gasteiger partial charge in [0.25, 0.3) is 0 Å². The van der Waals surface area contributed by atoms with Gasteiger partial charge in [0, 0.05) is 11.8 Å². The third-order valence-electron chi connectivity index (χ3n) is 3.20. The first-order valence-corrected chi connectivity index (χ1v) is 6.13. The predicted molar refractivity (Wildman–Crippen MR) is 68.8 cm³/mol. The number of para-hydroxylation sites is 1. The van der Waals surface area contributed by atoms with E-state index in [4.69, 9.17) is 4.42 Å². The molecule has 0 saturated carbocycles. The van der Waals surface area contributed by atoms with E-state index in [0.717, 1.165) is 29.6 Å². The van der Waals surface area contributed by atoms with Gasteiger partial charge in [0.2, 0.25) is 0 Å². The molecule has 0 aliphatic carbocycles. The number of hydrogen-bond donors (Lipinski definition) is 1. The molecule has 0 aliphatic rings. The van der Waals surface area contributed by atoms with Gasteiger partial charge in [0.05, 0.1) is 6.26 Å². The molecule has 1 atom stereocenters. The van der Waals surface area contributed by atoms with Crippen LogP contribution in [0.1, 0.15) is 19.4 Å². The number of aliphatic hydroxyl groups is 1. The van der Waals surface area contributed by atoms with Gasteiger partial charge in [-0.15, -0.1) is 0 Å². The lowest BCUT2D eigenvalue weighted by atomic mass is 10.1. The van der Waals surface area contributed by atoms with Crippen LogP contribution in [0.4, 0.5) is 0 Å². The molecule has 3 nitrogen and oxygen atoms in total. The Labute approximate surface area is 102 Å². The van der Waals surface area contributed by atoms with E-state index < -0.39 is 6.23 Å². The highest BCUT2D eigenvalue weighted by molar-refractivity contribution is 5.80. The highest BCUT2D eigenvalue weighted by atomic mass is 16.3. The summed E-state index contributed by atoms with van der Waals surface area (Å²) in [7, 11) is 0. The van der Waals surface area contributed by atoms with Gasteiger partial charge in [-0.2, -0.15) is 0 Å². The molecule has 3 heteroatoms. The molecule has 1 heterocycles. The summed E-state index contributed by atoms with van der Waals surface area (Å²) in [6.07, 6.45) is 1.85. The Hall–Kier alpha value is -1.32. The zero-order valence-electron chi connectivity index (χ0n) is 10.4. The van der Waals surface area contributed by atoms with Gasteiger partial charge in [0.1, 0.15) is 11.8 Å². The standard InChI is InChI=1S/C14H19NO2/c1-3-15(4-2)13(16)10-12-7-5-6-11-8-9-17-14(11)12/h5-9,13,16H,3-4,10H2,1-2H3. The van der Waals surface area contributed by atoms with Crippen molar-refractivity contribution in [2.24, 2.45) is 0 Å². The van der Waals surface area contributed by atoms with Crippen molar-refractivity contribution in [3.63, 3.8) is 0 Å². The molecule has 0 spiro atoms. The first kappa shape index (κ1) is 12.1. The molecular formula is C14H19NO2. The number of benzene rings is 1. The van der Waals surface area contributed by atoms with E-state index in [1.54, 1.807) is 6.26 Å². The SMILES string of the molecule is CCN(CC)C(O)Cc1cccc2ccoc12. The van der Waals surface area contributed by atoms with Crippen molar-refractivity contribution >= 4 is 11.0 Å². The van der Waals surface area contributed by atoms with Crippen LogP contribution in [0.25, 0.3) is 11.0 Å². The normalized spacial score (nSPS) is 13.4. The third kappa shape index (κ3) is 2.51. The fraction of sp³-hybridized carbons (Fsp3) is 0.429. The summed E-state index contributed by atoms with van der Waals surface area (Å²) in [4.78, 5) is 2.03. The third-order valence-corrected chi connectivity index (χ3v) is 3.20. The van der Waals surface area contributed by atoms with Gasteiger partial charge in [0.15, 0.2) is 0 Å². The summed E-state index contributed by atoms with van der Waals surface area (Å²) in [6, 6.07) is 7.98. The Balaban J connectivity index is 2.20. The Morgan fingerprint density at radius 1 is 1.24 bits per heavy atom. The van der Waals surface area contributed by atoms with Gasteiger partial charge in [-0.05, 0) is 24.7 Å². The van der Waals surface area contributed by atoms with Crippen molar-refractivity contribution in [1.29, 1.82) is 0 Å². The zero-order chi connectivity index (χ0) is 12.3. The van der Waals surface area contributed by atoms with E-state index in [2.05, 4.69) is 13.8 Å². The van der Waals surface area contributed by atoms with Crippen molar-refractivity contribution < 1.29 is 9.52 Å². The number of aliphatic hydroxyl groups excluding tert-OH is 1. The summed E-state index contributed by atoms with van der Waals surface area (Å²) in [5.41, 5.74) is 1.95. The molecule has 1 aromatic carbocycles. The first-order valence-electron chi connectivity index (χ1n) is 6.13. The number of fused-ring (bicyclic) bond motifs is 1. The second-order valence-electron chi connectivity index (χ2n) is 4.16. The van der Waals surface area contributed by atoms with Crippen LogP contribution in [0.5, 0.6) is 0 Å². The monoisotopic (exact) mass is 233 g/mol. The summed E-state index contributed by atoms with van der Waals surface area (Å²) in [5.74, 6) is 0. The summed E-state index contributed by atoms with van der Waals surface area (Å²) in [5, 5.41) is 11.2. The number of hydrogen-bond acceptors (Lipinski definition) is 3. The highest BCUT2D eigenvalue weighted by Crippen LogP contribution is 2.21. The van der Waals surface area contributed by atoms with Crippen LogP contribution in [0.15, 0.2) is 34.9 Å². The van der Waals surface area contributed by atoms with Crippen LogP contribution < -0.4 is 0 Å². The topological polar surface area (TPSA) is 36.6 Å². The molecular weight excluding hydrogens is 214 g/mol. The molecule has 0 aliphatic heterocycles. The van der Waals surface area contributed by atoms with E-state index in [9.17, 15) is 5.11 Å². The molecule has 0 bridgehead atoms. The Bertz CT molecular complexity index is 474. The molecule has 0 fully saturated rings. The molecule has 1 unspecified atom stereocenters. The molecule has 0 radical (unpaired) electrons. The smallest absolute Gasteiger partial charge is 0.137 e. The van der Waals surface area contributed by atoms with Crippen LogP contribution in [0, 0.1) is 0 Å². The quantitative estimate of drug-likeness (QED) is 0.806. The minimum atomic E-state index is -0.444. The van der Waals surface area contributed by atoms with Gasteiger partial charge >= 0.3 is 0 Å². The van der Waals surface area contributed by atoms with Crippen LogP contribution >= 0.6 is 0 Å². The van der Waals surface area contributed by atoms with Gasteiger partial charge in [-0.3, -0.25) is 4.90 Å². The average Bonchev–Trinajstić information content (AvgIpc) is 2.80. The predicted octanol–water partition coefficient (Wildman–Crippen LogP) is 2.64. The number of rotatable bonds is 5. The maximum Gasteiger partial charge on any atom is 0.137 e. The molecule has 2 rings (SSSR count). The van der Waals surface area contributed by atoms with Crippen molar-refractivity contribution in [3.05, 3.63) is 36.1 Å². The van der Waals surface area contributed by atoms with Crippen LogP contribution in [-0.2, 0) is 6.42 Å². The molecule has 1 aromatic heterocycles. The summed E-state index contributed by atoms with van der Waals surface area (Å²) in [6.45, 7) is 5.82. The minimum absolute atomic E-state index is 0.444. The average molecular weight is 233 g/mol. The van der Waals surface area contributed by atoms with E-state index in [-0.39, 0.29) is 0 Å². The second-order valence-corrected chi connectivity index (χ2v) is 4.16. The van der Waals surface area contributed by atoms with E-state index in [0.29, 0.717) is 6.42 Å². The van der Waals surface area contributed by atoms with Crippen molar-refractivity contribution in [3.8, 4) is 0 Å². The fourth-order valence-electron chi connectivity index (χ4n) is 2.19. The Kier molecular flexibility index (Phi) is 3.82.